The zero-order valence-electron chi connectivity index (χ0n) is 15.8. The summed E-state index contributed by atoms with van der Waals surface area (Å²) in [6, 6.07) is 7.70. The summed E-state index contributed by atoms with van der Waals surface area (Å²) in [5, 5.41) is 13.5. The minimum absolute atomic E-state index is 0.0672. The van der Waals surface area contributed by atoms with Crippen molar-refractivity contribution >= 4 is 34.6 Å². The van der Waals surface area contributed by atoms with Gasteiger partial charge in [-0.25, -0.2) is 4.79 Å². The molecule has 0 bridgehead atoms. The number of para-hydroxylation sites is 2. The zero-order valence-corrected chi connectivity index (χ0v) is 16.6. The molecule has 28 heavy (non-hydrogen) atoms. The van der Waals surface area contributed by atoms with Crippen LogP contribution in [0.5, 0.6) is 0 Å². The number of thiophene rings is 1. The lowest BCUT2D eigenvalue weighted by Crippen LogP contribution is -2.30. The molecule has 7 nitrogen and oxygen atoms in total. The summed E-state index contributed by atoms with van der Waals surface area (Å²) in [5.74, 6) is -0.509. The van der Waals surface area contributed by atoms with Crippen LogP contribution in [0.2, 0.25) is 0 Å². The SMILES string of the molecule is CC[C@@H]1CCc2sc(C(=O)O[C@H](C)C(=O)Nc3ccccc3[N+](=O)[O-])cc2C1. The van der Waals surface area contributed by atoms with Crippen molar-refractivity contribution in [2.75, 3.05) is 5.32 Å². The summed E-state index contributed by atoms with van der Waals surface area (Å²) in [7, 11) is 0. The van der Waals surface area contributed by atoms with Crippen molar-refractivity contribution in [2.45, 2.75) is 45.6 Å². The Hall–Kier alpha value is -2.74. The number of esters is 1. The Morgan fingerprint density at radius 1 is 1.39 bits per heavy atom. The van der Waals surface area contributed by atoms with E-state index >= 15 is 0 Å². The van der Waals surface area contributed by atoms with Crippen molar-refractivity contribution in [3.05, 3.63) is 55.8 Å². The van der Waals surface area contributed by atoms with Crippen LogP contribution in [0.15, 0.2) is 30.3 Å². The minimum Gasteiger partial charge on any atom is -0.448 e. The number of nitrogens with one attached hydrogen (secondary N) is 1. The van der Waals surface area contributed by atoms with Gasteiger partial charge in [-0.1, -0.05) is 25.5 Å². The summed E-state index contributed by atoms with van der Waals surface area (Å²) in [6.45, 7) is 3.62. The molecule has 1 heterocycles. The quantitative estimate of drug-likeness (QED) is 0.440. The van der Waals surface area contributed by atoms with Crippen molar-refractivity contribution in [3.63, 3.8) is 0 Å². The zero-order chi connectivity index (χ0) is 20.3. The number of hydrogen-bond acceptors (Lipinski definition) is 6. The molecule has 3 rings (SSSR count). The highest BCUT2D eigenvalue weighted by molar-refractivity contribution is 7.14. The standard InChI is InChI=1S/C20H22N2O5S/c1-3-13-8-9-17-14(10-13)11-18(28-17)20(24)27-12(2)19(23)21-15-6-4-5-7-16(15)22(25)26/h4-7,11-13H,3,8-10H2,1-2H3,(H,21,23)/t12-,13-/m1/s1. The fraction of sp³-hybridized carbons (Fsp3) is 0.400. The molecular formula is C20H22N2O5S. The summed E-state index contributed by atoms with van der Waals surface area (Å²) in [6.07, 6.45) is 3.13. The van der Waals surface area contributed by atoms with Gasteiger partial charge < -0.3 is 10.1 Å². The lowest BCUT2D eigenvalue weighted by Gasteiger charge is -2.19. The highest BCUT2D eigenvalue weighted by Crippen LogP contribution is 2.34. The normalized spacial score (nSPS) is 16.7. The molecule has 0 fully saturated rings. The molecule has 0 unspecified atom stereocenters. The van der Waals surface area contributed by atoms with Crippen LogP contribution in [-0.2, 0) is 22.4 Å². The van der Waals surface area contributed by atoms with Gasteiger partial charge in [-0.2, -0.15) is 0 Å². The number of nitro benzene ring substituents is 1. The number of carbonyl (C=O) groups excluding carboxylic acids is 2. The molecule has 1 N–H and O–H groups in total. The first kappa shape index (κ1) is 20.0. The molecule has 1 aromatic heterocycles. The molecule has 2 atom stereocenters. The molecule has 0 saturated carbocycles. The van der Waals surface area contributed by atoms with E-state index in [1.54, 1.807) is 6.07 Å². The van der Waals surface area contributed by atoms with Crippen molar-refractivity contribution < 1.29 is 19.2 Å². The molecule has 0 radical (unpaired) electrons. The van der Waals surface area contributed by atoms with Crippen LogP contribution in [0, 0.1) is 16.0 Å². The van der Waals surface area contributed by atoms with Crippen LogP contribution >= 0.6 is 11.3 Å². The van der Waals surface area contributed by atoms with E-state index in [-0.39, 0.29) is 11.4 Å². The van der Waals surface area contributed by atoms with Gasteiger partial charge in [0.1, 0.15) is 10.6 Å². The van der Waals surface area contributed by atoms with Gasteiger partial charge in [0.2, 0.25) is 0 Å². The molecule has 1 aliphatic rings. The highest BCUT2D eigenvalue weighted by Gasteiger charge is 2.26. The molecular weight excluding hydrogens is 380 g/mol. The molecule has 1 amide bonds. The number of aryl methyl sites for hydroxylation is 1. The van der Waals surface area contributed by atoms with E-state index in [9.17, 15) is 19.7 Å². The van der Waals surface area contributed by atoms with Crippen LogP contribution in [0.1, 0.15) is 46.8 Å². The molecule has 8 heteroatoms. The first-order valence-corrected chi connectivity index (χ1v) is 10.1. The maximum Gasteiger partial charge on any atom is 0.349 e. The van der Waals surface area contributed by atoms with Crippen molar-refractivity contribution in [2.24, 2.45) is 5.92 Å². The summed E-state index contributed by atoms with van der Waals surface area (Å²) < 4.78 is 5.29. The average Bonchev–Trinajstić information content (AvgIpc) is 3.11. The Labute approximate surface area is 166 Å². The van der Waals surface area contributed by atoms with Gasteiger partial charge in [-0.15, -0.1) is 11.3 Å². The van der Waals surface area contributed by atoms with E-state index in [4.69, 9.17) is 4.74 Å². The third-order valence-electron chi connectivity index (χ3n) is 4.98. The van der Waals surface area contributed by atoms with Gasteiger partial charge in [-0.3, -0.25) is 14.9 Å². The lowest BCUT2D eigenvalue weighted by atomic mass is 9.87. The predicted octanol–water partition coefficient (Wildman–Crippen LogP) is 4.36. The second-order valence-corrected chi connectivity index (χ2v) is 8.02. The minimum atomic E-state index is -1.07. The number of fused-ring (bicyclic) bond motifs is 1. The van der Waals surface area contributed by atoms with Crippen LogP contribution in [-0.4, -0.2) is 22.9 Å². The van der Waals surface area contributed by atoms with E-state index in [0.29, 0.717) is 10.8 Å². The molecule has 148 valence electrons. The van der Waals surface area contributed by atoms with Gasteiger partial charge in [0, 0.05) is 10.9 Å². The summed E-state index contributed by atoms with van der Waals surface area (Å²) in [5.41, 5.74) is 1.05. The Balaban J connectivity index is 1.64. The Morgan fingerprint density at radius 3 is 2.86 bits per heavy atom. The lowest BCUT2D eigenvalue weighted by molar-refractivity contribution is -0.383. The third kappa shape index (κ3) is 4.39. The molecule has 2 aromatic rings. The Kier molecular flexibility index (Phi) is 6.08. The van der Waals surface area contributed by atoms with Crippen molar-refractivity contribution in [3.8, 4) is 0 Å². The highest BCUT2D eigenvalue weighted by atomic mass is 32.1. The number of benzene rings is 1. The monoisotopic (exact) mass is 402 g/mol. The first-order valence-electron chi connectivity index (χ1n) is 9.25. The van der Waals surface area contributed by atoms with Gasteiger partial charge >= 0.3 is 5.97 Å². The number of amides is 1. The van der Waals surface area contributed by atoms with E-state index in [2.05, 4.69) is 12.2 Å². The fourth-order valence-corrected chi connectivity index (χ4v) is 4.38. The number of hydrogen-bond donors (Lipinski definition) is 1. The number of rotatable bonds is 6. The van der Waals surface area contributed by atoms with E-state index in [1.807, 2.05) is 6.07 Å². The van der Waals surface area contributed by atoms with Crippen LogP contribution in [0.3, 0.4) is 0 Å². The van der Waals surface area contributed by atoms with Crippen LogP contribution < -0.4 is 5.32 Å². The smallest absolute Gasteiger partial charge is 0.349 e. The second kappa shape index (κ2) is 8.52. The van der Waals surface area contributed by atoms with Gasteiger partial charge in [0.25, 0.3) is 11.6 Å². The topological polar surface area (TPSA) is 98.5 Å². The maximum absolute atomic E-state index is 12.5. The average molecular weight is 402 g/mol. The molecule has 0 spiro atoms. The third-order valence-corrected chi connectivity index (χ3v) is 6.19. The van der Waals surface area contributed by atoms with Gasteiger partial charge in [0.05, 0.1) is 4.92 Å². The number of nitrogens with zero attached hydrogens (tertiary/aromatic N) is 1. The Bertz CT molecular complexity index is 908. The van der Waals surface area contributed by atoms with E-state index in [1.165, 1.54) is 46.9 Å². The molecule has 0 saturated heterocycles. The van der Waals surface area contributed by atoms with E-state index in [0.717, 1.165) is 25.7 Å². The molecule has 0 aliphatic heterocycles. The van der Waals surface area contributed by atoms with Crippen molar-refractivity contribution in [1.29, 1.82) is 0 Å². The number of nitro groups is 1. The summed E-state index contributed by atoms with van der Waals surface area (Å²) in [4.78, 5) is 37.0. The number of carbonyl (C=O) groups is 2. The fourth-order valence-electron chi connectivity index (χ4n) is 3.29. The summed E-state index contributed by atoms with van der Waals surface area (Å²) >= 11 is 1.42. The largest absolute Gasteiger partial charge is 0.448 e. The van der Waals surface area contributed by atoms with E-state index < -0.39 is 22.9 Å². The number of anilines is 1. The van der Waals surface area contributed by atoms with Gasteiger partial charge in [-0.05, 0) is 49.8 Å². The second-order valence-electron chi connectivity index (χ2n) is 6.89. The predicted molar refractivity (Wildman–Crippen MR) is 107 cm³/mol. The number of ether oxygens (including phenoxy) is 1. The van der Waals surface area contributed by atoms with Gasteiger partial charge in [0.15, 0.2) is 6.10 Å². The maximum atomic E-state index is 12.5. The Morgan fingerprint density at radius 2 is 2.14 bits per heavy atom. The van der Waals surface area contributed by atoms with Crippen molar-refractivity contribution in [1.82, 2.24) is 0 Å². The van der Waals surface area contributed by atoms with Crippen LogP contribution in [0.25, 0.3) is 0 Å². The molecule has 1 aliphatic carbocycles. The first-order chi connectivity index (χ1) is 13.4. The van der Waals surface area contributed by atoms with Crippen LogP contribution in [0.4, 0.5) is 11.4 Å². The molecule has 1 aromatic carbocycles.